The third kappa shape index (κ3) is 3.88. The van der Waals surface area contributed by atoms with Crippen LogP contribution in [0, 0.1) is 24.1 Å². The molecule has 0 atom stereocenters. The molecule has 1 fully saturated rings. The molecule has 26 heavy (non-hydrogen) atoms. The predicted octanol–water partition coefficient (Wildman–Crippen LogP) is 1.83. The first-order valence-electron chi connectivity index (χ1n) is 8.33. The predicted molar refractivity (Wildman–Crippen MR) is 93.9 cm³/mol. The van der Waals surface area contributed by atoms with Crippen molar-refractivity contribution in [1.29, 1.82) is 5.26 Å². The van der Waals surface area contributed by atoms with Crippen LogP contribution in [0.3, 0.4) is 0 Å². The Labute approximate surface area is 151 Å². The Balaban J connectivity index is 1.56. The number of nitrogens with zero attached hydrogens (tertiary/aromatic N) is 5. The van der Waals surface area contributed by atoms with Crippen LogP contribution in [-0.2, 0) is 6.54 Å². The van der Waals surface area contributed by atoms with Crippen LogP contribution in [0.1, 0.15) is 17.1 Å². The molecule has 0 unspecified atom stereocenters. The van der Waals surface area contributed by atoms with Gasteiger partial charge in [-0.05, 0) is 25.1 Å². The van der Waals surface area contributed by atoms with Gasteiger partial charge >= 0.3 is 6.03 Å². The van der Waals surface area contributed by atoms with Crippen LogP contribution in [0.4, 0.5) is 14.9 Å². The summed E-state index contributed by atoms with van der Waals surface area (Å²) < 4.78 is 13.8. The number of urea groups is 1. The van der Waals surface area contributed by atoms with E-state index in [4.69, 9.17) is 5.26 Å². The van der Waals surface area contributed by atoms with Gasteiger partial charge in [0, 0.05) is 32.4 Å². The largest absolute Gasteiger partial charge is 0.367 e. The highest BCUT2D eigenvalue weighted by molar-refractivity contribution is 5.74. The lowest BCUT2D eigenvalue weighted by atomic mass is 10.1. The third-order valence-electron chi connectivity index (χ3n) is 4.27. The summed E-state index contributed by atoms with van der Waals surface area (Å²) in [5.74, 6) is 0.138. The van der Waals surface area contributed by atoms with E-state index >= 15 is 0 Å². The van der Waals surface area contributed by atoms with Crippen molar-refractivity contribution in [3.05, 3.63) is 53.4 Å². The normalized spacial score (nSPS) is 14.0. The molecule has 2 aromatic rings. The van der Waals surface area contributed by atoms with E-state index in [0.717, 1.165) is 5.69 Å². The number of aromatic nitrogens is 2. The van der Waals surface area contributed by atoms with Gasteiger partial charge in [0.25, 0.3) is 0 Å². The standard InChI is InChI=1S/C18H19FN6O/c1-13-21-6-5-14(23-13)12-22-18(26)25-9-7-24(8-10-25)17-4-2-3-16(19)15(17)11-20/h2-6H,7-10,12H2,1H3,(H,22,26). The van der Waals surface area contributed by atoms with Gasteiger partial charge in [0.05, 0.1) is 17.9 Å². The van der Waals surface area contributed by atoms with E-state index in [9.17, 15) is 9.18 Å². The van der Waals surface area contributed by atoms with Crippen molar-refractivity contribution in [2.24, 2.45) is 0 Å². The fourth-order valence-electron chi connectivity index (χ4n) is 2.92. The van der Waals surface area contributed by atoms with Crippen molar-refractivity contribution in [3.8, 4) is 6.07 Å². The zero-order valence-electron chi connectivity index (χ0n) is 14.4. The lowest BCUT2D eigenvalue weighted by molar-refractivity contribution is 0.193. The van der Waals surface area contributed by atoms with E-state index in [2.05, 4.69) is 15.3 Å². The van der Waals surface area contributed by atoms with Crippen LogP contribution in [0.15, 0.2) is 30.5 Å². The summed E-state index contributed by atoms with van der Waals surface area (Å²) >= 11 is 0. The van der Waals surface area contributed by atoms with Gasteiger partial charge in [0.1, 0.15) is 23.3 Å². The minimum Gasteiger partial charge on any atom is -0.367 e. The number of piperazine rings is 1. The molecule has 0 bridgehead atoms. The molecule has 1 aromatic carbocycles. The zero-order chi connectivity index (χ0) is 18.5. The van der Waals surface area contributed by atoms with Crippen LogP contribution < -0.4 is 10.2 Å². The van der Waals surface area contributed by atoms with Gasteiger partial charge < -0.3 is 15.1 Å². The minimum atomic E-state index is -0.523. The maximum Gasteiger partial charge on any atom is 0.317 e. The van der Waals surface area contributed by atoms with Crippen LogP contribution in [0.2, 0.25) is 0 Å². The highest BCUT2D eigenvalue weighted by Gasteiger charge is 2.23. The van der Waals surface area contributed by atoms with Crippen LogP contribution in [0.5, 0.6) is 0 Å². The van der Waals surface area contributed by atoms with Crippen molar-refractivity contribution in [2.75, 3.05) is 31.1 Å². The Kier molecular flexibility index (Phi) is 5.27. The quantitative estimate of drug-likeness (QED) is 0.909. The van der Waals surface area contributed by atoms with Crippen LogP contribution in [-0.4, -0.2) is 47.1 Å². The summed E-state index contributed by atoms with van der Waals surface area (Å²) in [6.07, 6.45) is 1.66. The second-order valence-corrected chi connectivity index (χ2v) is 5.97. The topological polar surface area (TPSA) is 85.2 Å². The molecule has 1 N–H and O–H groups in total. The van der Waals surface area contributed by atoms with E-state index < -0.39 is 5.82 Å². The first kappa shape index (κ1) is 17.6. The molecule has 2 heterocycles. The van der Waals surface area contributed by atoms with Crippen molar-refractivity contribution in [2.45, 2.75) is 13.5 Å². The van der Waals surface area contributed by atoms with Crippen molar-refractivity contribution in [3.63, 3.8) is 0 Å². The number of carbonyl (C=O) groups excluding carboxylic acids is 1. The van der Waals surface area contributed by atoms with E-state index in [0.29, 0.717) is 44.2 Å². The highest BCUT2D eigenvalue weighted by atomic mass is 19.1. The van der Waals surface area contributed by atoms with Gasteiger partial charge in [-0.25, -0.2) is 19.2 Å². The van der Waals surface area contributed by atoms with E-state index in [1.165, 1.54) is 6.07 Å². The second-order valence-electron chi connectivity index (χ2n) is 5.97. The van der Waals surface area contributed by atoms with Gasteiger partial charge in [0.15, 0.2) is 0 Å². The van der Waals surface area contributed by atoms with Gasteiger partial charge in [-0.2, -0.15) is 5.26 Å². The smallest absolute Gasteiger partial charge is 0.317 e. The number of nitrogens with one attached hydrogen (secondary N) is 1. The molecule has 0 spiro atoms. The first-order chi connectivity index (χ1) is 12.6. The van der Waals surface area contributed by atoms with E-state index in [1.807, 2.05) is 11.0 Å². The maximum absolute atomic E-state index is 13.8. The number of halogens is 1. The molecule has 1 saturated heterocycles. The molecule has 1 aromatic heterocycles. The summed E-state index contributed by atoms with van der Waals surface area (Å²) in [4.78, 5) is 24.2. The molecular weight excluding hydrogens is 335 g/mol. The van der Waals surface area contributed by atoms with Crippen LogP contribution in [0.25, 0.3) is 0 Å². The molecule has 134 valence electrons. The summed E-state index contributed by atoms with van der Waals surface area (Å²) in [5.41, 5.74) is 1.37. The minimum absolute atomic E-state index is 0.0459. The lowest BCUT2D eigenvalue weighted by Crippen LogP contribution is -2.52. The second kappa shape index (κ2) is 7.78. The molecule has 3 rings (SSSR count). The number of amides is 2. The van der Waals surface area contributed by atoms with Crippen molar-refractivity contribution in [1.82, 2.24) is 20.2 Å². The fourth-order valence-corrected chi connectivity index (χ4v) is 2.92. The Bertz CT molecular complexity index is 842. The third-order valence-corrected chi connectivity index (χ3v) is 4.27. The van der Waals surface area contributed by atoms with Gasteiger partial charge in [-0.1, -0.05) is 6.07 Å². The average molecular weight is 354 g/mol. The molecule has 0 radical (unpaired) electrons. The summed E-state index contributed by atoms with van der Waals surface area (Å²) in [6.45, 7) is 4.21. The molecule has 7 nitrogen and oxygen atoms in total. The Morgan fingerprint density at radius 3 is 2.77 bits per heavy atom. The summed E-state index contributed by atoms with van der Waals surface area (Å²) in [6, 6.07) is 8.11. The number of rotatable bonds is 3. The molecule has 0 aliphatic carbocycles. The molecule has 8 heteroatoms. The monoisotopic (exact) mass is 354 g/mol. The number of anilines is 1. The molecule has 2 amide bonds. The number of benzene rings is 1. The van der Waals surface area contributed by atoms with Gasteiger partial charge in [0.2, 0.25) is 0 Å². The Morgan fingerprint density at radius 1 is 1.31 bits per heavy atom. The molecule has 1 aliphatic heterocycles. The number of hydrogen-bond acceptors (Lipinski definition) is 5. The molecule has 1 aliphatic rings. The first-order valence-corrected chi connectivity index (χ1v) is 8.33. The summed E-state index contributed by atoms with van der Waals surface area (Å²) in [5, 5.41) is 12.0. The number of aryl methyl sites for hydroxylation is 1. The zero-order valence-corrected chi connectivity index (χ0v) is 14.4. The van der Waals surface area contributed by atoms with Gasteiger partial charge in [-0.15, -0.1) is 0 Å². The number of carbonyl (C=O) groups is 1. The number of hydrogen-bond donors (Lipinski definition) is 1. The van der Waals surface area contributed by atoms with Crippen molar-refractivity contribution >= 4 is 11.7 Å². The van der Waals surface area contributed by atoms with Gasteiger partial charge in [-0.3, -0.25) is 0 Å². The molecule has 0 saturated carbocycles. The maximum atomic E-state index is 13.8. The van der Waals surface area contributed by atoms with Crippen LogP contribution >= 0.6 is 0 Å². The fraction of sp³-hybridized carbons (Fsp3) is 0.333. The number of nitriles is 1. The average Bonchev–Trinajstić information content (AvgIpc) is 2.66. The summed E-state index contributed by atoms with van der Waals surface area (Å²) in [7, 11) is 0. The van der Waals surface area contributed by atoms with Crippen molar-refractivity contribution < 1.29 is 9.18 Å². The SMILES string of the molecule is Cc1nccc(CNC(=O)N2CCN(c3cccc(F)c3C#N)CC2)n1. The molecular formula is C18H19FN6O. The van der Waals surface area contributed by atoms with E-state index in [-0.39, 0.29) is 11.6 Å². The van der Waals surface area contributed by atoms with E-state index in [1.54, 1.807) is 36.2 Å². The lowest BCUT2D eigenvalue weighted by Gasteiger charge is -2.36. The Hall–Kier alpha value is -3.21. The highest BCUT2D eigenvalue weighted by Crippen LogP contribution is 2.23. The Morgan fingerprint density at radius 2 is 2.08 bits per heavy atom.